The van der Waals surface area contributed by atoms with Crippen molar-refractivity contribution in [3.8, 4) is 6.07 Å². The minimum atomic E-state index is -0.122. The Kier molecular flexibility index (Phi) is 3.71. The number of hydrogen-bond acceptors (Lipinski definition) is 3. The predicted molar refractivity (Wildman–Crippen MR) is 48.8 cm³/mol. The zero-order chi connectivity index (χ0) is 9.84. The maximum absolute atomic E-state index is 8.94. The van der Waals surface area contributed by atoms with Gasteiger partial charge in [0.1, 0.15) is 6.10 Å². The van der Waals surface area contributed by atoms with Gasteiger partial charge in [0.25, 0.3) is 0 Å². The van der Waals surface area contributed by atoms with Crippen LogP contribution in [-0.4, -0.2) is 19.0 Å². The van der Waals surface area contributed by atoms with Gasteiger partial charge in [-0.2, -0.15) is 5.26 Å². The van der Waals surface area contributed by atoms with E-state index in [2.05, 4.69) is 19.9 Å². The van der Waals surface area contributed by atoms with Crippen LogP contribution >= 0.6 is 0 Å². The Bertz CT molecular complexity index is 200. The Labute approximate surface area is 79.6 Å². The highest BCUT2D eigenvalue weighted by Crippen LogP contribution is 2.35. The van der Waals surface area contributed by atoms with Crippen molar-refractivity contribution in [2.24, 2.45) is 11.8 Å². The number of nitrogens with zero attached hydrogens (tertiary/aromatic N) is 1. The summed E-state index contributed by atoms with van der Waals surface area (Å²) in [6, 6.07) is 2.30. The normalized spacial score (nSPS) is 30.6. The molecule has 1 rings (SSSR count). The summed E-state index contributed by atoms with van der Waals surface area (Å²) >= 11 is 0. The fraction of sp³-hybridized carbons (Fsp3) is 0.900. The third-order valence-corrected chi connectivity index (χ3v) is 2.57. The largest absolute Gasteiger partial charge is 0.350 e. The Morgan fingerprint density at radius 1 is 1.54 bits per heavy atom. The maximum atomic E-state index is 8.94. The van der Waals surface area contributed by atoms with Crippen LogP contribution in [0.3, 0.4) is 0 Å². The number of ether oxygens (including phenoxy) is 2. The van der Waals surface area contributed by atoms with Crippen LogP contribution in [0.5, 0.6) is 0 Å². The molecular formula is C10H17NO2. The quantitative estimate of drug-likeness (QED) is 0.612. The predicted octanol–water partition coefficient (Wildman–Crippen LogP) is 1.93. The zero-order valence-corrected chi connectivity index (χ0v) is 8.49. The van der Waals surface area contributed by atoms with Crippen molar-refractivity contribution in [3.63, 3.8) is 0 Å². The van der Waals surface area contributed by atoms with Crippen LogP contribution < -0.4 is 0 Å². The summed E-state index contributed by atoms with van der Waals surface area (Å²) in [7, 11) is 0. The van der Waals surface area contributed by atoms with Crippen molar-refractivity contribution in [3.05, 3.63) is 0 Å². The van der Waals surface area contributed by atoms with Gasteiger partial charge in [-0.05, 0) is 12.8 Å². The first-order valence-corrected chi connectivity index (χ1v) is 4.91. The number of rotatable bonds is 5. The highest BCUT2D eigenvalue weighted by Gasteiger charge is 2.47. The van der Waals surface area contributed by atoms with Crippen LogP contribution in [0, 0.1) is 23.2 Å². The molecule has 1 aliphatic heterocycles. The first kappa shape index (κ1) is 10.5. The van der Waals surface area contributed by atoms with Crippen LogP contribution in [0.4, 0.5) is 0 Å². The molecule has 13 heavy (non-hydrogen) atoms. The summed E-state index contributed by atoms with van der Waals surface area (Å²) in [4.78, 5) is 0. The van der Waals surface area contributed by atoms with Crippen molar-refractivity contribution >= 4 is 0 Å². The van der Waals surface area contributed by atoms with Crippen LogP contribution in [0.1, 0.15) is 27.2 Å². The number of nitriles is 1. The van der Waals surface area contributed by atoms with E-state index in [4.69, 9.17) is 14.7 Å². The molecular weight excluding hydrogens is 166 g/mol. The van der Waals surface area contributed by atoms with E-state index < -0.39 is 0 Å². The van der Waals surface area contributed by atoms with Gasteiger partial charge < -0.3 is 9.47 Å². The minimum Gasteiger partial charge on any atom is -0.350 e. The van der Waals surface area contributed by atoms with E-state index in [-0.39, 0.29) is 18.3 Å². The smallest absolute Gasteiger partial charge is 0.185 e. The third-order valence-electron chi connectivity index (χ3n) is 2.57. The topological polar surface area (TPSA) is 45.5 Å². The van der Waals surface area contributed by atoms with Gasteiger partial charge >= 0.3 is 0 Å². The van der Waals surface area contributed by atoms with Crippen LogP contribution in [-0.2, 0) is 9.47 Å². The average molecular weight is 183 g/mol. The lowest BCUT2D eigenvalue weighted by Gasteiger charge is -2.12. The molecule has 0 N–H and O–H groups in total. The fourth-order valence-corrected chi connectivity index (χ4v) is 1.44. The third kappa shape index (κ3) is 2.43. The molecule has 4 unspecified atom stereocenters. The summed E-state index contributed by atoms with van der Waals surface area (Å²) in [6.07, 6.45) is 0.903. The van der Waals surface area contributed by atoms with Gasteiger partial charge in [0.15, 0.2) is 6.29 Å². The van der Waals surface area contributed by atoms with Gasteiger partial charge in [0, 0.05) is 6.61 Å². The van der Waals surface area contributed by atoms with E-state index >= 15 is 0 Å². The Balaban J connectivity index is 2.39. The van der Waals surface area contributed by atoms with E-state index in [0.717, 1.165) is 6.42 Å². The van der Waals surface area contributed by atoms with Gasteiger partial charge in [-0.3, -0.25) is 0 Å². The highest BCUT2D eigenvalue weighted by molar-refractivity contribution is 4.99. The summed E-state index contributed by atoms with van der Waals surface area (Å²) in [5.74, 6) is 0.377. The monoisotopic (exact) mass is 183 g/mol. The molecule has 74 valence electrons. The van der Waals surface area contributed by atoms with Crippen LogP contribution in [0.15, 0.2) is 0 Å². The molecule has 0 aromatic heterocycles. The maximum Gasteiger partial charge on any atom is 0.185 e. The van der Waals surface area contributed by atoms with Gasteiger partial charge in [0.05, 0.1) is 12.0 Å². The molecule has 0 aromatic carbocycles. The minimum absolute atomic E-state index is 0.0125. The molecule has 3 nitrogen and oxygen atoms in total. The lowest BCUT2D eigenvalue weighted by Crippen LogP contribution is -2.18. The fourth-order valence-electron chi connectivity index (χ4n) is 1.44. The summed E-state index contributed by atoms with van der Waals surface area (Å²) in [6.45, 7) is 6.76. The molecule has 0 bridgehead atoms. The van der Waals surface area contributed by atoms with Crippen molar-refractivity contribution in [1.29, 1.82) is 5.26 Å². The summed E-state index contributed by atoms with van der Waals surface area (Å²) < 4.78 is 10.6. The lowest BCUT2D eigenvalue weighted by atomic mass is 9.90. The van der Waals surface area contributed by atoms with E-state index in [1.165, 1.54) is 0 Å². The van der Waals surface area contributed by atoms with E-state index in [1.54, 1.807) is 0 Å². The second kappa shape index (κ2) is 4.59. The molecule has 1 saturated heterocycles. The Hall–Kier alpha value is -0.590. The molecule has 0 aliphatic carbocycles. The zero-order valence-electron chi connectivity index (χ0n) is 8.49. The molecule has 1 heterocycles. The average Bonchev–Trinajstić information content (AvgIpc) is 2.86. The van der Waals surface area contributed by atoms with Gasteiger partial charge in [-0.25, -0.2) is 0 Å². The van der Waals surface area contributed by atoms with Gasteiger partial charge in [-0.1, -0.05) is 20.3 Å². The lowest BCUT2D eigenvalue weighted by molar-refractivity contribution is 0.0592. The molecule has 0 saturated carbocycles. The highest BCUT2D eigenvalue weighted by atomic mass is 16.8. The molecule has 1 fully saturated rings. The SMILES string of the molecule is CCOC1OC1C(C#N)C(C)CC. The summed E-state index contributed by atoms with van der Waals surface area (Å²) in [5, 5.41) is 8.94. The molecule has 0 amide bonds. The summed E-state index contributed by atoms with van der Waals surface area (Å²) in [5.41, 5.74) is 0. The molecule has 1 aliphatic rings. The molecule has 0 spiro atoms. The molecule has 0 radical (unpaired) electrons. The van der Waals surface area contributed by atoms with E-state index in [0.29, 0.717) is 12.5 Å². The van der Waals surface area contributed by atoms with Gasteiger partial charge in [0.2, 0.25) is 0 Å². The van der Waals surface area contributed by atoms with Crippen molar-refractivity contribution in [1.82, 2.24) is 0 Å². The Morgan fingerprint density at radius 3 is 2.69 bits per heavy atom. The first-order chi connectivity index (χ1) is 6.24. The first-order valence-electron chi connectivity index (χ1n) is 4.91. The van der Waals surface area contributed by atoms with Crippen LogP contribution in [0.25, 0.3) is 0 Å². The second-order valence-electron chi connectivity index (χ2n) is 3.46. The van der Waals surface area contributed by atoms with E-state index in [9.17, 15) is 0 Å². The standard InChI is InChI=1S/C10H17NO2/c1-4-7(3)8(6-11)9-10(13-9)12-5-2/h7-10H,4-5H2,1-3H3. The second-order valence-corrected chi connectivity index (χ2v) is 3.46. The molecule has 0 aromatic rings. The number of epoxide rings is 1. The molecule has 4 atom stereocenters. The van der Waals surface area contributed by atoms with E-state index in [1.807, 2.05) is 6.92 Å². The van der Waals surface area contributed by atoms with Crippen molar-refractivity contribution in [2.45, 2.75) is 39.6 Å². The number of hydrogen-bond donors (Lipinski definition) is 0. The van der Waals surface area contributed by atoms with Crippen molar-refractivity contribution in [2.75, 3.05) is 6.61 Å². The van der Waals surface area contributed by atoms with Crippen LogP contribution in [0.2, 0.25) is 0 Å². The molecule has 3 heteroatoms. The Morgan fingerprint density at radius 2 is 2.23 bits per heavy atom. The van der Waals surface area contributed by atoms with Crippen molar-refractivity contribution < 1.29 is 9.47 Å². The van der Waals surface area contributed by atoms with Gasteiger partial charge in [-0.15, -0.1) is 0 Å².